The molecule has 0 saturated carbocycles. The number of carbonyl (C=O) groups excluding carboxylic acids is 2. The van der Waals surface area contributed by atoms with E-state index in [1.165, 1.54) is 7.11 Å². The number of nitrogens with two attached hydrogens (primary N) is 1. The van der Waals surface area contributed by atoms with Gasteiger partial charge in [0.15, 0.2) is 0 Å². The molecule has 2 amide bonds. The fourth-order valence-corrected chi connectivity index (χ4v) is 4.44. The first-order valence-corrected chi connectivity index (χ1v) is 7.55. The van der Waals surface area contributed by atoms with Crippen LogP contribution >= 0.6 is 11.8 Å². The number of methoxy groups -OCH3 is 1. The Kier molecular flexibility index (Phi) is 4.25. The van der Waals surface area contributed by atoms with Crippen molar-refractivity contribution >= 4 is 23.8 Å². The fourth-order valence-electron chi connectivity index (χ4n) is 2.74. The molecule has 2 aliphatic heterocycles. The maximum absolute atomic E-state index is 11.4. The van der Waals surface area contributed by atoms with Crippen LogP contribution in [0, 0.1) is 0 Å². The van der Waals surface area contributed by atoms with Gasteiger partial charge in [0.25, 0.3) is 0 Å². The quantitative estimate of drug-likeness (QED) is 0.496. The van der Waals surface area contributed by atoms with Crippen LogP contribution in [-0.4, -0.2) is 47.7 Å². The molecule has 2 saturated heterocycles. The zero-order valence-electron chi connectivity index (χ0n) is 11.3. The zero-order chi connectivity index (χ0) is 14.0. The third-order valence-electron chi connectivity index (χ3n) is 3.85. The molecule has 2 fully saturated rings. The third kappa shape index (κ3) is 2.97. The summed E-state index contributed by atoms with van der Waals surface area (Å²) in [4.78, 5) is 22.6. The summed E-state index contributed by atoms with van der Waals surface area (Å²) in [5.74, 6) is 0.559. The summed E-state index contributed by atoms with van der Waals surface area (Å²) < 4.78 is 4.60. The van der Waals surface area contributed by atoms with Crippen LogP contribution in [0.15, 0.2) is 0 Å². The van der Waals surface area contributed by atoms with Gasteiger partial charge in [0.2, 0.25) is 0 Å². The number of carbonyl (C=O) groups is 2. The number of thioether (sulfide) groups is 1. The number of fused-ring (bicyclic) bond motifs is 1. The molecule has 0 bridgehead atoms. The highest BCUT2D eigenvalue weighted by Gasteiger charge is 2.51. The van der Waals surface area contributed by atoms with E-state index in [9.17, 15) is 9.59 Å². The van der Waals surface area contributed by atoms with Gasteiger partial charge in [-0.2, -0.15) is 11.8 Å². The summed E-state index contributed by atoms with van der Waals surface area (Å²) in [5, 5.41) is 6.35. The lowest BCUT2D eigenvalue weighted by Gasteiger charge is -2.24. The number of amides is 2. The summed E-state index contributed by atoms with van der Waals surface area (Å²) >= 11 is 1.87. The van der Waals surface area contributed by atoms with Crippen molar-refractivity contribution in [3.8, 4) is 0 Å². The molecule has 4 unspecified atom stereocenters. The third-order valence-corrected chi connectivity index (χ3v) is 5.55. The van der Waals surface area contributed by atoms with E-state index in [-0.39, 0.29) is 23.6 Å². The summed E-state index contributed by atoms with van der Waals surface area (Å²) in [6.45, 7) is 2.07. The van der Waals surface area contributed by atoms with Gasteiger partial charge in [0, 0.05) is 11.0 Å². The van der Waals surface area contributed by atoms with Crippen molar-refractivity contribution in [2.24, 2.45) is 5.73 Å². The van der Waals surface area contributed by atoms with Crippen molar-refractivity contribution in [2.75, 3.05) is 12.9 Å². The van der Waals surface area contributed by atoms with Gasteiger partial charge in [0.1, 0.15) is 6.04 Å². The number of hydrogen-bond acceptors (Lipinski definition) is 5. The fraction of sp³-hybridized carbons (Fsp3) is 0.833. The van der Waals surface area contributed by atoms with Crippen LogP contribution < -0.4 is 16.4 Å². The predicted octanol–water partition coefficient (Wildman–Crippen LogP) is 0.213. The van der Waals surface area contributed by atoms with E-state index in [2.05, 4.69) is 22.3 Å². The smallest absolute Gasteiger partial charge is 0.322 e. The summed E-state index contributed by atoms with van der Waals surface area (Å²) in [6.07, 6.45) is 2.42. The molecule has 2 aliphatic rings. The van der Waals surface area contributed by atoms with Crippen LogP contribution in [0.2, 0.25) is 0 Å². The van der Waals surface area contributed by atoms with Crippen LogP contribution in [0.3, 0.4) is 0 Å². The topological polar surface area (TPSA) is 93.4 Å². The molecule has 0 aliphatic carbocycles. The Labute approximate surface area is 117 Å². The molecule has 2 heterocycles. The first-order valence-electron chi connectivity index (χ1n) is 6.50. The Hall–Kier alpha value is -0.950. The van der Waals surface area contributed by atoms with Crippen molar-refractivity contribution in [1.82, 2.24) is 10.6 Å². The number of urea groups is 1. The highest BCUT2D eigenvalue weighted by molar-refractivity contribution is 8.00. The molecule has 4 N–H and O–H groups in total. The molecule has 0 spiro atoms. The Morgan fingerprint density at radius 1 is 1.68 bits per heavy atom. The van der Waals surface area contributed by atoms with E-state index >= 15 is 0 Å². The van der Waals surface area contributed by atoms with Gasteiger partial charge < -0.3 is 21.1 Å². The molecular formula is C12H21N3O3S. The molecule has 4 atom stereocenters. The van der Waals surface area contributed by atoms with E-state index in [1.807, 2.05) is 11.8 Å². The molecule has 0 aromatic rings. The normalized spacial score (nSPS) is 34.4. The first kappa shape index (κ1) is 14.5. The SMILES string of the molecule is COC(=O)C(N)CCCC1SCC2(C)NC(=O)NC12. The van der Waals surface area contributed by atoms with Gasteiger partial charge in [-0.15, -0.1) is 0 Å². The Morgan fingerprint density at radius 3 is 3.11 bits per heavy atom. The van der Waals surface area contributed by atoms with E-state index in [1.54, 1.807) is 0 Å². The van der Waals surface area contributed by atoms with E-state index in [0.717, 1.165) is 18.6 Å². The minimum absolute atomic E-state index is 0.0796. The van der Waals surface area contributed by atoms with Crippen molar-refractivity contribution in [3.05, 3.63) is 0 Å². The maximum Gasteiger partial charge on any atom is 0.322 e. The molecule has 0 aromatic carbocycles. The van der Waals surface area contributed by atoms with Crippen LogP contribution in [0.25, 0.3) is 0 Å². The largest absolute Gasteiger partial charge is 0.468 e. The second-order valence-corrected chi connectivity index (χ2v) is 6.63. The number of ether oxygens (including phenoxy) is 1. The monoisotopic (exact) mass is 287 g/mol. The van der Waals surface area contributed by atoms with Gasteiger partial charge in [-0.25, -0.2) is 4.79 Å². The summed E-state index contributed by atoms with van der Waals surface area (Å²) in [7, 11) is 1.35. The average Bonchev–Trinajstić information content (AvgIpc) is 2.81. The highest BCUT2D eigenvalue weighted by Crippen LogP contribution is 2.39. The molecule has 108 valence electrons. The number of nitrogens with one attached hydrogen (secondary N) is 2. The number of esters is 1. The molecule has 0 aromatic heterocycles. The average molecular weight is 287 g/mol. The Morgan fingerprint density at radius 2 is 2.42 bits per heavy atom. The predicted molar refractivity (Wildman–Crippen MR) is 73.9 cm³/mol. The zero-order valence-corrected chi connectivity index (χ0v) is 12.1. The van der Waals surface area contributed by atoms with Gasteiger partial charge in [-0.3, -0.25) is 4.79 Å². The number of hydrogen-bond donors (Lipinski definition) is 3. The van der Waals surface area contributed by atoms with E-state index < -0.39 is 6.04 Å². The molecular weight excluding hydrogens is 266 g/mol. The highest BCUT2D eigenvalue weighted by atomic mass is 32.2. The van der Waals surface area contributed by atoms with E-state index in [4.69, 9.17) is 5.73 Å². The molecule has 2 rings (SSSR count). The molecule has 6 nitrogen and oxygen atoms in total. The van der Waals surface area contributed by atoms with Gasteiger partial charge in [0.05, 0.1) is 18.7 Å². The van der Waals surface area contributed by atoms with Crippen molar-refractivity contribution in [3.63, 3.8) is 0 Å². The minimum atomic E-state index is -0.543. The van der Waals surface area contributed by atoms with E-state index in [0.29, 0.717) is 11.7 Å². The molecule has 19 heavy (non-hydrogen) atoms. The lowest BCUT2D eigenvalue weighted by atomic mass is 9.92. The van der Waals surface area contributed by atoms with Crippen molar-refractivity contribution in [2.45, 2.75) is 49.1 Å². The summed E-state index contributed by atoms with van der Waals surface area (Å²) in [6, 6.07) is -0.456. The summed E-state index contributed by atoms with van der Waals surface area (Å²) in [5.41, 5.74) is 5.56. The first-order chi connectivity index (χ1) is 8.96. The lowest BCUT2D eigenvalue weighted by Crippen LogP contribution is -2.47. The maximum atomic E-state index is 11.4. The molecule has 7 heteroatoms. The van der Waals surface area contributed by atoms with Crippen LogP contribution in [0.5, 0.6) is 0 Å². The van der Waals surface area contributed by atoms with Gasteiger partial charge in [-0.1, -0.05) is 6.42 Å². The second kappa shape index (κ2) is 5.58. The van der Waals surface area contributed by atoms with Gasteiger partial charge in [-0.05, 0) is 19.8 Å². The second-order valence-electron chi connectivity index (χ2n) is 5.40. The lowest BCUT2D eigenvalue weighted by molar-refractivity contribution is -0.142. The van der Waals surface area contributed by atoms with Crippen LogP contribution in [0.4, 0.5) is 4.79 Å². The van der Waals surface area contributed by atoms with Crippen LogP contribution in [-0.2, 0) is 9.53 Å². The standard InChI is InChI=1S/C12H21N3O3S/c1-12-6-19-8(9(12)14-11(17)15-12)5-3-4-7(13)10(16)18-2/h7-9H,3-6,13H2,1-2H3,(H2,14,15,17). The van der Waals surface area contributed by atoms with Gasteiger partial charge >= 0.3 is 12.0 Å². The van der Waals surface area contributed by atoms with Crippen LogP contribution in [0.1, 0.15) is 26.2 Å². The van der Waals surface area contributed by atoms with Crippen molar-refractivity contribution < 1.29 is 14.3 Å². The Bertz CT molecular complexity index is 379. The number of rotatable bonds is 5. The minimum Gasteiger partial charge on any atom is -0.468 e. The van der Waals surface area contributed by atoms with Crippen molar-refractivity contribution in [1.29, 1.82) is 0 Å². The molecule has 0 radical (unpaired) electrons. The Balaban J connectivity index is 1.78.